The number of ether oxygens (including phenoxy) is 4. The Morgan fingerprint density at radius 3 is 2.55 bits per heavy atom. The van der Waals surface area contributed by atoms with Crippen LogP contribution in [-0.2, 0) is 36.8 Å². The summed E-state index contributed by atoms with van der Waals surface area (Å²) >= 11 is 13.8. The predicted octanol–water partition coefficient (Wildman–Crippen LogP) is 4.07. The SMILES string of the molecule is COC(=O)C(Cc1ccc(OCc2c(Cl)cccc2Cl)cc1)NC(=O)C1CSCN1C(=O)OC1CCOC1. The molecule has 2 aliphatic heterocycles. The number of hydrogen-bond donors (Lipinski definition) is 1. The zero-order valence-electron chi connectivity index (χ0n) is 20.7. The van der Waals surface area contributed by atoms with E-state index in [1.54, 1.807) is 42.5 Å². The molecule has 3 atom stereocenters. The number of halogens is 2. The Balaban J connectivity index is 1.35. The van der Waals surface area contributed by atoms with Gasteiger partial charge < -0.3 is 24.3 Å². The molecule has 204 valence electrons. The fraction of sp³-hybridized carbons (Fsp3) is 0.423. The van der Waals surface area contributed by atoms with Gasteiger partial charge in [-0.2, -0.15) is 0 Å². The van der Waals surface area contributed by atoms with Gasteiger partial charge in [0.15, 0.2) is 0 Å². The van der Waals surface area contributed by atoms with Gasteiger partial charge in [-0.05, 0) is 29.8 Å². The quantitative estimate of drug-likeness (QED) is 0.441. The molecule has 9 nitrogen and oxygen atoms in total. The summed E-state index contributed by atoms with van der Waals surface area (Å²) in [5, 5.41) is 3.79. The molecule has 0 aromatic heterocycles. The molecule has 2 fully saturated rings. The van der Waals surface area contributed by atoms with E-state index in [1.807, 2.05) is 0 Å². The molecule has 2 aromatic carbocycles. The van der Waals surface area contributed by atoms with Crippen LogP contribution in [-0.4, -0.2) is 73.0 Å². The van der Waals surface area contributed by atoms with Crippen LogP contribution < -0.4 is 10.1 Å². The number of rotatable bonds is 9. The van der Waals surface area contributed by atoms with Crippen LogP contribution in [0.15, 0.2) is 42.5 Å². The Labute approximate surface area is 235 Å². The summed E-state index contributed by atoms with van der Waals surface area (Å²) in [6, 6.07) is 10.7. The molecule has 0 bridgehead atoms. The van der Waals surface area contributed by atoms with Gasteiger partial charge in [-0.1, -0.05) is 41.4 Å². The van der Waals surface area contributed by atoms with E-state index in [9.17, 15) is 14.4 Å². The number of carbonyl (C=O) groups excluding carboxylic acids is 3. The van der Waals surface area contributed by atoms with E-state index in [0.29, 0.717) is 52.6 Å². The van der Waals surface area contributed by atoms with Crippen molar-refractivity contribution in [2.75, 3.05) is 32.0 Å². The molecule has 0 radical (unpaired) electrons. The van der Waals surface area contributed by atoms with Crippen molar-refractivity contribution in [1.29, 1.82) is 0 Å². The van der Waals surface area contributed by atoms with E-state index in [0.717, 1.165) is 5.56 Å². The molecule has 38 heavy (non-hydrogen) atoms. The average Bonchev–Trinajstić information content (AvgIpc) is 3.61. The lowest BCUT2D eigenvalue weighted by molar-refractivity contribution is -0.145. The van der Waals surface area contributed by atoms with E-state index in [-0.39, 0.29) is 19.1 Å². The molecule has 0 aliphatic carbocycles. The van der Waals surface area contributed by atoms with Crippen molar-refractivity contribution < 1.29 is 33.3 Å². The normalized spacial score (nSPS) is 19.6. The van der Waals surface area contributed by atoms with Crippen LogP contribution in [0.2, 0.25) is 10.0 Å². The molecule has 2 aromatic rings. The van der Waals surface area contributed by atoms with E-state index in [4.69, 9.17) is 42.1 Å². The second-order valence-corrected chi connectivity index (χ2v) is 10.6. The third kappa shape index (κ3) is 7.25. The van der Waals surface area contributed by atoms with Crippen LogP contribution >= 0.6 is 35.0 Å². The zero-order chi connectivity index (χ0) is 27.1. The molecule has 2 heterocycles. The second-order valence-electron chi connectivity index (χ2n) is 8.78. The standard InChI is InChI=1S/C26H28Cl2N2O7S/c1-34-25(32)22(29-24(31)23-14-38-15-30(23)26(33)37-18-9-10-35-12-18)11-16-5-7-17(8-6-16)36-13-19-20(27)3-2-4-21(19)28/h2-8,18,22-23H,9-15H2,1H3,(H,29,31). The van der Waals surface area contributed by atoms with Crippen LogP contribution in [0.25, 0.3) is 0 Å². The summed E-state index contributed by atoms with van der Waals surface area (Å²) < 4.78 is 21.4. The van der Waals surface area contributed by atoms with Crippen LogP contribution in [0, 0.1) is 0 Å². The topological polar surface area (TPSA) is 103 Å². The van der Waals surface area contributed by atoms with Gasteiger partial charge in [0, 0.05) is 34.2 Å². The Hall–Kier alpha value is -2.66. The van der Waals surface area contributed by atoms with Crippen molar-refractivity contribution in [2.45, 2.75) is 37.6 Å². The van der Waals surface area contributed by atoms with Gasteiger partial charge in [-0.15, -0.1) is 11.8 Å². The zero-order valence-corrected chi connectivity index (χ0v) is 23.0. The Bertz CT molecular complexity index is 1120. The minimum absolute atomic E-state index is 0.193. The van der Waals surface area contributed by atoms with Crippen molar-refractivity contribution in [3.8, 4) is 5.75 Å². The number of carbonyl (C=O) groups is 3. The highest BCUT2D eigenvalue weighted by molar-refractivity contribution is 7.99. The highest BCUT2D eigenvalue weighted by Gasteiger charge is 2.38. The Morgan fingerprint density at radius 1 is 1.16 bits per heavy atom. The van der Waals surface area contributed by atoms with Gasteiger partial charge in [0.05, 0.1) is 26.2 Å². The molecular weight excluding hydrogens is 555 g/mol. The van der Waals surface area contributed by atoms with Gasteiger partial charge in [0.1, 0.15) is 30.5 Å². The van der Waals surface area contributed by atoms with Gasteiger partial charge in [-0.25, -0.2) is 9.59 Å². The first-order valence-corrected chi connectivity index (χ1v) is 13.9. The second kappa shape index (κ2) is 13.4. The maximum Gasteiger partial charge on any atom is 0.411 e. The first kappa shape index (κ1) is 28.4. The van der Waals surface area contributed by atoms with Gasteiger partial charge in [-0.3, -0.25) is 9.69 Å². The van der Waals surface area contributed by atoms with E-state index in [1.165, 1.54) is 23.8 Å². The fourth-order valence-corrected chi connectivity index (χ4v) is 5.69. The summed E-state index contributed by atoms with van der Waals surface area (Å²) in [6.45, 7) is 1.09. The lowest BCUT2D eigenvalue weighted by atomic mass is 10.1. The first-order valence-electron chi connectivity index (χ1n) is 12.0. The molecule has 2 saturated heterocycles. The van der Waals surface area contributed by atoms with E-state index in [2.05, 4.69) is 5.32 Å². The Morgan fingerprint density at radius 2 is 1.89 bits per heavy atom. The largest absolute Gasteiger partial charge is 0.489 e. The highest BCUT2D eigenvalue weighted by Crippen LogP contribution is 2.26. The molecule has 4 rings (SSSR count). The number of nitrogens with zero attached hydrogens (tertiary/aromatic N) is 1. The summed E-state index contributed by atoms with van der Waals surface area (Å²) in [4.78, 5) is 39.6. The van der Waals surface area contributed by atoms with Crippen molar-refractivity contribution >= 4 is 52.9 Å². The third-order valence-electron chi connectivity index (χ3n) is 6.19. The van der Waals surface area contributed by atoms with E-state index >= 15 is 0 Å². The fourth-order valence-electron chi connectivity index (χ4n) is 4.04. The molecule has 12 heteroatoms. The summed E-state index contributed by atoms with van der Waals surface area (Å²) in [5.41, 5.74) is 1.47. The van der Waals surface area contributed by atoms with Crippen LogP contribution in [0.4, 0.5) is 4.79 Å². The molecule has 2 aliphatic rings. The summed E-state index contributed by atoms with van der Waals surface area (Å²) in [6.07, 6.45) is -0.0492. The van der Waals surface area contributed by atoms with Gasteiger partial charge in [0.25, 0.3) is 0 Å². The molecule has 1 N–H and O–H groups in total. The Kier molecular flexibility index (Phi) is 10.0. The van der Waals surface area contributed by atoms with Gasteiger partial charge >= 0.3 is 12.1 Å². The van der Waals surface area contributed by atoms with E-state index < -0.39 is 30.1 Å². The first-order chi connectivity index (χ1) is 18.4. The smallest absolute Gasteiger partial charge is 0.411 e. The molecule has 2 amide bonds. The number of benzene rings is 2. The van der Waals surface area contributed by atoms with Crippen LogP contribution in [0.5, 0.6) is 5.75 Å². The predicted molar refractivity (Wildman–Crippen MR) is 144 cm³/mol. The van der Waals surface area contributed by atoms with Crippen LogP contribution in [0.3, 0.4) is 0 Å². The van der Waals surface area contributed by atoms with Crippen LogP contribution in [0.1, 0.15) is 17.5 Å². The molecule has 0 saturated carbocycles. The number of amides is 2. The highest BCUT2D eigenvalue weighted by atomic mass is 35.5. The molecule has 3 unspecified atom stereocenters. The lowest BCUT2D eigenvalue weighted by Crippen LogP contribution is -2.53. The van der Waals surface area contributed by atoms with Gasteiger partial charge in [0.2, 0.25) is 5.91 Å². The van der Waals surface area contributed by atoms with Crippen molar-refractivity contribution in [2.24, 2.45) is 0 Å². The third-order valence-corrected chi connectivity index (χ3v) is 7.91. The summed E-state index contributed by atoms with van der Waals surface area (Å²) in [7, 11) is 1.26. The van der Waals surface area contributed by atoms with Crippen molar-refractivity contribution in [3.63, 3.8) is 0 Å². The number of esters is 1. The minimum Gasteiger partial charge on any atom is -0.489 e. The number of hydrogen-bond acceptors (Lipinski definition) is 8. The average molecular weight is 583 g/mol. The lowest BCUT2D eigenvalue weighted by Gasteiger charge is -2.25. The minimum atomic E-state index is -0.937. The molecular formula is C26H28Cl2N2O7S. The number of methoxy groups -OCH3 is 1. The molecule has 0 spiro atoms. The van der Waals surface area contributed by atoms with Crippen molar-refractivity contribution in [3.05, 3.63) is 63.6 Å². The number of nitrogens with one attached hydrogen (secondary N) is 1. The number of thioether (sulfide) groups is 1. The monoisotopic (exact) mass is 582 g/mol. The summed E-state index contributed by atoms with van der Waals surface area (Å²) in [5.74, 6) is 0.288. The van der Waals surface area contributed by atoms with Crippen molar-refractivity contribution in [1.82, 2.24) is 10.2 Å². The maximum atomic E-state index is 13.1. The maximum absolute atomic E-state index is 13.1.